The molecule has 2 aromatic carbocycles. The summed E-state index contributed by atoms with van der Waals surface area (Å²) in [4.78, 5) is 0. The van der Waals surface area contributed by atoms with Crippen molar-refractivity contribution in [3.63, 3.8) is 0 Å². The summed E-state index contributed by atoms with van der Waals surface area (Å²) in [5.74, 6) is 0.863. The standard InChI is InChI=1S/C20H24O2/c1-2-3-4-5-6-9-15-21-19-14-10-12-17-16-11-7-8-13-18(16)22-20(17)19/h7-8,10-14H,2-6,9,15H2,1H3. The van der Waals surface area contributed by atoms with Crippen molar-refractivity contribution in [2.45, 2.75) is 45.4 Å². The number of unbranched alkanes of at least 4 members (excludes halogenated alkanes) is 5. The molecule has 0 amide bonds. The monoisotopic (exact) mass is 296 g/mol. The third kappa shape index (κ3) is 3.27. The summed E-state index contributed by atoms with van der Waals surface area (Å²) >= 11 is 0. The van der Waals surface area contributed by atoms with Crippen molar-refractivity contribution in [1.29, 1.82) is 0 Å². The maximum Gasteiger partial charge on any atom is 0.177 e. The molecule has 0 aliphatic heterocycles. The molecule has 0 atom stereocenters. The van der Waals surface area contributed by atoms with E-state index in [-0.39, 0.29) is 0 Å². The van der Waals surface area contributed by atoms with E-state index in [1.807, 2.05) is 30.3 Å². The third-order valence-electron chi connectivity index (χ3n) is 4.12. The van der Waals surface area contributed by atoms with E-state index < -0.39 is 0 Å². The van der Waals surface area contributed by atoms with Gasteiger partial charge in [0, 0.05) is 10.8 Å². The first-order valence-corrected chi connectivity index (χ1v) is 8.43. The quantitative estimate of drug-likeness (QED) is 0.453. The van der Waals surface area contributed by atoms with Crippen molar-refractivity contribution in [2.75, 3.05) is 6.61 Å². The van der Waals surface area contributed by atoms with Crippen molar-refractivity contribution in [3.8, 4) is 5.75 Å². The molecule has 2 nitrogen and oxygen atoms in total. The lowest BCUT2D eigenvalue weighted by atomic mass is 10.1. The minimum atomic E-state index is 0.766. The smallest absolute Gasteiger partial charge is 0.177 e. The Morgan fingerprint density at radius 1 is 0.818 bits per heavy atom. The van der Waals surface area contributed by atoms with E-state index in [1.54, 1.807) is 0 Å². The second kappa shape index (κ2) is 7.35. The maximum atomic E-state index is 5.97. The van der Waals surface area contributed by atoms with Crippen LogP contribution in [-0.4, -0.2) is 6.61 Å². The van der Waals surface area contributed by atoms with Crippen LogP contribution in [-0.2, 0) is 0 Å². The number of ether oxygens (including phenoxy) is 1. The van der Waals surface area contributed by atoms with Crippen molar-refractivity contribution < 1.29 is 9.15 Å². The molecule has 0 radical (unpaired) electrons. The first kappa shape index (κ1) is 15.0. The third-order valence-corrected chi connectivity index (χ3v) is 4.12. The first-order valence-electron chi connectivity index (χ1n) is 8.43. The average Bonchev–Trinajstić information content (AvgIpc) is 2.93. The second-order valence-corrected chi connectivity index (χ2v) is 5.85. The molecule has 0 N–H and O–H groups in total. The number of benzene rings is 2. The Morgan fingerprint density at radius 2 is 1.59 bits per heavy atom. The number of hydrogen-bond donors (Lipinski definition) is 0. The number of para-hydroxylation sites is 2. The van der Waals surface area contributed by atoms with Gasteiger partial charge in [0.15, 0.2) is 11.3 Å². The van der Waals surface area contributed by atoms with Gasteiger partial charge in [-0.15, -0.1) is 0 Å². The average molecular weight is 296 g/mol. The summed E-state index contributed by atoms with van der Waals surface area (Å²) in [5, 5.41) is 2.29. The van der Waals surface area contributed by atoms with E-state index in [1.165, 1.54) is 32.1 Å². The highest BCUT2D eigenvalue weighted by atomic mass is 16.5. The van der Waals surface area contributed by atoms with Crippen LogP contribution >= 0.6 is 0 Å². The van der Waals surface area contributed by atoms with Gasteiger partial charge in [0.25, 0.3) is 0 Å². The second-order valence-electron chi connectivity index (χ2n) is 5.85. The van der Waals surface area contributed by atoms with E-state index in [4.69, 9.17) is 9.15 Å². The number of furan rings is 1. The van der Waals surface area contributed by atoms with Crippen LogP contribution in [0.15, 0.2) is 46.9 Å². The van der Waals surface area contributed by atoms with E-state index >= 15 is 0 Å². The lowest BCUT2D eigenvalue weighted by Crippen LogP contribution is -1.97. The molecule has 0 saturated heterocycles. The van der Waals surface area contributed by atoms with E-state index in [0.717, 1.165) is 40.7 Å². The molecule has 22 heavy (non-hydrogen) atoms. The van der Waals surface area contributed by atoms with Gasteiger partial charge in [-0.3, -0.25) is 0 Å². The molecule has 3 rings (SSSR count). The molecular weight excluding hydrogens is 272 g/mol. The van der Waals surface area contributed by atoms with Gasteiger partial charge in [-0.2, -0.15) is 0 Å². The molecule has 0 bridgehead atoms. The van der Waals surface area contributed by atoms with Gasteiger partial charge < -0.3 is 9.15 Å². The van der Waals surface area contributed by atoms with Crippen LogP contribution in [0, 0.1) is 0 Å². The molecule has 0 spiro atoms. The zero-order chi connectivity index (χ0) is 15.2. The molecule has 0 saturated carbocycles. The summed E-state index contributed by atoms with van der Waals surface area (Å²) < 4.78 is 11.9. The van der Waals surface area contributed by atoms with Crippen LogP contribution in [0.3, 0.4) is 0 Å². The Bertz CT molecular complexity index is 727. The van der Waals surface area contributed by atoms with Crippen molar-refractivity contribution >= 4 is 21.9 Å². The Hall–Kier alpha value is -1.96. The van der Waals surface area contributed by atoms with Crippen molar-refractivity contribution in [3.05, 3.63) is 42.5 Å². The molecule has 0 aliphatic rings. The molecule has 2 heteroatoms. The first-order chi connectivity index (χ1) is 10.9. The lowest BCUT2D eigenvalue weighted by Gasteiger charge is -2.06. The van der Waals surface area contributed by atoms with Crippen LogP contribution in [0.5, 0.6) is 5.75 Å². The summed E-state index contributed by atoms with van der Waals surface area (Å²) in [5.41, 5.74) is 1.79. The molecule has 0 unspecified atom stereocenters. The Balaban J connectivity index is 1.64. The van der Waals surface area contributed by atoms with Gasteiger partial charge in [0.05, 0.1) is 6.61 Å². The molecule has 0 aliphatic carbocycles. The summed E-state index contributed by atoms with van der Waals surface area (Å²) in [6, 6.07) is 14.3. The molecular formula is C20H24O2. The van der Waals surface area contributed by atoms with Crippen LogP contribution in [0.2, 0.25) is 0 Å². The van der Waals surface area contributed by atoms with E-state index in [2.05, 4.69) is 19.1 Å². The van der Waals surface area contributed by atoms with Gasteiger partial charge in [-0.05, 0) is 18.6 Å². The fourth-order valence-electron chi connectivity index (χ4n) is 2.90. The predicted molar refractivity (Wildman–Crippen MR) is 92.6 cm³/mol. The summed E-state index contributed by atoms with van der Waals surface area (Å²) in [7, 11) is 0. The molecule has 1 aromatic heterocycles. The fraction of sp³-hybridized carbons (Fsp3) is 0.400. The molecule has 3 aromatic rings. The lowest BCUT2D eigenvalue weighted by molar-refractivity contribution is 0.304. The van der Waals surface area contributed by atoms with Crippen molar-refractivity contribution in [1.82, 2.24) is 0 Å². The highest BCUT2D eigenvalue weighted by Crippen LogP contribution is 2.34. The highest BCUT2D eigenvalue weighted by molar-refractivity contribution is 6.06. The molecule has 0 fully saturated rings. The normalized spacial score (nSPS) is 11.3. The van der Waals surface area contributed by atoms with Crippen LogP contribution in [0.4, 0.5) is 0 Å². The van der Waals surface area contributed by atoms with Gasteiger partial charge >= 0.3 is 0 Å². The minimum absolute atomic E-state index is 0.766. The zero-order valence-electron chi connectivity index (χ0n) is 13.3. The van der Waals surface area contributed by atoms with Gasteiger partial charge in [0.2, 0.25) is 0 Å². The number of fused-ring (bicyclic) bond motifs is 3. The summed E-state index contributed by atoms with van der Waals surface area (Å²) in [6.07, 6.45) is 7.65. The van der Waals surface area contributed by atoms with Crippen LogP contribution in [0.25, 0.3) is 21.9 Å². The van der Waals surface area contributed by atoms with E-state index in [0.29, 0.717) is 0 Å². The minimum Gasteiger partial charge on any atom is -0.490 e. The highest BCUT2D eigenvalue weighted by Gasteiger charge is 2.10. The predicted octanol–water partition coefficient (Wildman–Crippen LogP) is 6.33. The van der Waals surface area contributed by atoms with Crippen LogP contribution in [0.1, 0.15) is 45.4 Å². The Labute approximate surface area is 132 Å². The summed E-state index contributed by atoms with van der Waals surface area (Å²) in [6.45, 7) is 3.01. The molecule has 1 heterocycles. The number of hydrogen-bond acceptors (Lipinski definition) is 2. The van der Waals surface area contributed by atoms with Gasteiger partial charge in [-0.25, -0.2) is 0 Å². The largest absolute Gasteiger partial charge is 0.490 e. The van der Waals surface area contributed by atoms with Crippen molar-refractivity contribution in [2.24, 2.45) is 0 Å². The maximum absolute atomic E-state index is 5.97. The van der Waals surface area contributed by atoms with Gasteiger partial charge in [-0.1, -0.05) is 69.4 Å². The zero-order valence-corrected chi connectivity index (χ0v) is 13.3. The number of rotatable bonds is 8. The van der Waals surface area contributed by atoms with Gasteiger partial charge in [0.1, 0.15) is 5.58 Å². The van der Waals surface area contributed by atoms with E-state index in [9.17, 15) is 0 Å². The fourth-order valence-corrected chi connectivity index (χ4v) is 2.90. The van der Waals surface area contributed by atoms with Crippen LogP contribution < -0.4 is 4.74 Å². The topological polar surface area (TPSA) is 22.4 Å². The Morgan fingerprint density at radius 3 is 2.50 bits per heavy atom. The Kier molecular flexibility index (Phi) is 4.99. The SMILES string of the molecule is CCCCCCCCOc1cccc2c1oc1ccccc12. The molecule has 116 valence electrons.